The molecule has 2 aliphatic heterocycles. The number of rotatable bonds is 2. The van der Waals surface area contributed by atoms with Gasteiger partial charge in [-0.15, -0.1) is 0 Å². The Morgan fingerprint density at radius 3 is 2.74 bits per heavy atom. The van der Waals surface area contributed by atoms with Gasteiger partial charge < -0.3 is 11.1 Å². The number of nitriles is 1. The van der Waals surface area contributed by atoms with Crippen molar-refractivity contribution in [2.24, 2.45) is 5.73 Å². The maximum Gasteiger partial charge on any atom is 0.271 e. The second-order valence-corrected chi connectivity index (χ2v) is 8.79. The van der Waals surface area contributed by atoms with Crippen LogP contribution in [-0.2, 0) is 15.0 Å². The van der Waals surface area contributed by atoms with E-state index in [1.165, 1.54) is 23.1 Å². The molecule has 2 heterocycles. The van der Waals surface area contributed by atoms with Crippen molar-refractivity contribution < 1.29 is 14.5 Å². The number of nitro benzene ring substituents is 1. The number of anilines is 2. The molecule has 1 spiro atoms. The molecule has 0 saturated heterocycles. The van der Waals surface area contributed by atoms with Gasteiger partial charge in [0.1, 0.15) is 17.3 Å². The Kier molecular flexibility index (Phi) is 4.74. The zero-order chi connectivity index (χ0) is 24.4. The van der Waals surface area contributed by atoms with Gasteiger partial charge >= 0.3 is 0 Å². The SMILES string of the molecule is Cc1c(Cl)ccc2c1NC(=O)C21C(C#N)=C(N)N(c2cccc([N+](=O)[O-])c2)C2=C1C(=O)CCC2. The largest absolute Gasteiger partial charge is 0.384 e. The predicted molar refractivity (Wildman–Crippen MR) is 125 cm³/mol. The molecule has 10 heteroatoms. The fourth-order valence-electron chi connectivity index (χ4n) is 5.22. The van der Waals surface area contributed by atoms with E-state index in [-0.39, 0.29) is 34.9 Å². The lowest BCUT2D eigenvalue weighted by Crippen LogP contribution is -2.50. The summed E-state index contributed by atoms with van der Waals surface area (Å²) >= 11 is 6.28. The number of nitro groups is 1. The maximum atomic E-state index is 13.7. The molecule has 0 radical (unpaired) electrons. The average molecular weight is 476 g/mol. The number of benzene rings is 2. The van der Waals surface area contributed by atoms with Gasteiger partial charge in [-0.1, -0.05) is 23.7 Å². The molecule has 0 bridgehead atoms. The van der Waals surface area contributed by atoms with Crippen LogP contribution in [0.15, 0.2) is 59.1 Å². The van der Waals surface area contributed by atoms with Crippen molar-refractivity contribution in [3.05, 3.63) is 85.3 Å². The van der Waals surface area contributed by atoms with Gasteiger partial charge in [-0.2, -0.15) is 5.26 Å². The standard InChI is InChI=1S/C24H18ClN5O4/c1-12-17(25)9-8-15-21(12)28-23(32)24(15)16(11-26)22(27)29(18-6-3-7-19(31)20(18)24)13-4-2-5-14(10-13)30(33)34/h2,4-5,8-10H,3,6-7,27H2,1H3,(H,28,32). The van der Waals surface area contributed by atoms with Crippen LogP contribution in [0.1, 0.15) is 30.4 Å². The van der Waals surface area contributed by atoms with Crippen molar-refractivity contribution in [2.75, 3.05) is 10.2 Å². The summed E-state index contributed by atoms with van der Waals surface area (Å²) in [6.07, 6.45) is 1.12. The fraction of sp³-hybridized carbons (Fsp3) is 0.208. The highest BCUT2D eigenvalue weighted by atomic mass is 35.5. The number of nitrogens with two attached hydrogens (primary N) is 1. The van der Waals surface area contributed by atoms with Crippen LogP contribution in [0.4, 0.5) is 17.1 Å². The smallest absolute Gasteiger partial charge is 0.271 e. The van der Waals surface area contributed by atoms with E-state index in [9.17, 15) is 25.0 Å². The minimum Gasteiger partial charge on any atom is -0.384 e. The number of fused-ring (bicyclic) bond motifs is 3. The Morgan fingerprint density at radius 2 is 2.03 bits per heavy atom. The highest BCUT2D eigenvalue weighted by Gasteiger charge is 2.60. The minimum absolute atomic E-state index is 0.0490. The van der Waals surface area contributed by atoms with Crippen LogP contribution in [0.2, 0.25) is 5.02 Å². The van der Waals surface area contributed by atoms with Crippen molar-refractivity contribution >= 4 is 40.4 Å². The number of Topliss-reactive ketones (excluding diaryl/α,β-unsaturated/α-hetero) is 1. The number of hydrogen-bond acceptors (Lipinski definition) is 7. The summed E-state index contributed by atoms with van der Waals surface area (Å²) in [5.41, 5.74) is 7.05. The molecule has 34 heavy (non-hydrogen) atoms. The molecule has 2 aromatic carbocycles. The highest BCUT2D eigenvalue weighted by Crippen LogP contribution is 2.56. The predicted octanol–water partition coefficient (Wildman–Crippen LogP) is 3.97. The zero-order valence-electron chi connectivity index (χ0n) is 18.0. The Hall–Kier alpha value is -4.16. The van der Waals surface area contributed by atoms with Crippen molar-refractivity contribution in [1.29, 1.82) is 5.26 Å². The lowest BCUT2D eigenvalue weighted by atomic mass is 9.63. The normalized spacial score (nSPS) is 21.4. The van der Waals surface area contributed by atoms with Gasteiger partial charge in [0.25, 0.3) is 5.69 Å². The Morgan fingerprint density at radius 1 is 1.26 bits per heavy atom. The molecule has 1 unspecified atom stereocenters. The molecule has 1 atom stereocenters. The number of allylic oxidation sites excluding steroid dienone is 1. The van der Waals surface area contributed by atoms with Crippen molar-refractivity contribution in [2.45, 2.75) is 31.6 Å². The summed E-state index contributed by atoms with van der Waals surface area (Å²) in [4.78, 5) is 39.5. The van der Waals surface area contributed by atoms with Crippen LogP contribution in [-0.4, -0.2) is 16.6 Å². The number of ketones is 1. The summed E-state index contributed by atoms with van der Waals surface area (Å²) < 4.78 is 0. The molecule has 3 aliphatic rings. The summed E-state index contributed by atoms with van der Waals surface area (Å²) in [6.45, 7) is 1.75. The van der Waals surface area contributed by atoms with Gasteiger partial charge in [-0.25, -0.2) is 0 Å². The highest BCUT2D eigenvalue weighted by molar-refractivity contribution is 6.32. The Bertz CT molecular complexity index is 1440. The van der Waals surface area contributed by atoms with E-state index in [0.29, 0.717) is 46.1 Å². The summed E-state index contributed by atoms with van der Waals surface area (Å²) in [5, 5.41) is 24.9. The van der Waals surface area contributed by atoms with E-state index in [1.54, 1.807) is 25.1 Å². The van der Waals surface area contributed by atoms with Gasteiger partial charge in [-0.3, -0.25) is 24.6 Å². The van der Waals surface area contributed by atoms with Crippen molar-refractivity contribution in [1.82, 2.24) is 0 Å². The molecular formula is C24H18ClN5O4. The Labute approximate surface area is 199 Å². The van der Waals surface area contributed by atoms with E-state index in [2.05, 4.69) is 11.4 Å². The molecular weight excluding hydrogens is 458 g/mol. The van der Waals surface area contributed by atoms with Gasteiger partial charge in [0.05, 0.1) is 21.9 Å². The number of non-ortho nitro benzene ring substituents is 1. The first kappa shape index (κ1) is 21.7. The summed E-state index contributed by atoms with van der Waals surface area (Å²) in [7, 11) is 0. The minimum atomic E-state index is -1.71. The van der Waals surface area contributed by atoms with Gasteiger partial charge in [0.15, 0.2) is 5.78 Å². The number of carbonyl (C=O) groups is 2. The van der Waals surface area contributed by atoms with Gasteiger partial charge in [-0.05, 0) is 37.5 Å². The number of amides is 1. The molecule has 3 N–H and O–H groups in total. The molecule has 5 rings (SSSR count). The third kappa shape index (κ3) is 2.66. The molecule has 0 fully saturated rings. The van der Waals surface area contributed by atoms with E-state index < -0.39 is 16.2 Å². The van der Waals surface area contributed by atoms with E-state index in [1.807, 2.05) is 0 Å². The first-order valence-corrected chi connectivity index (χ1v) is 10.9. The first-order chi connectivity index (χ1) is 16.2. The average Bonchev–Trinajstić information content (AvgIpc) is 3.09. The second-order valence-electron chi connectivity index (χ2n) is 8.38. The lowest BCUT2D eigenvalue weighted by molar-refractivity contribution is -0.384. The van der Waals surface area contributed by atoms with Crippen LogP contribution >= 0.6 is 11.6 Å². The van der Waals surface area contributed by atoms with Crippen LogP contribution in [0.25, 0.3) is 0 Å². The third-order valence-electron chi connectivity index (χ3n) is 6.69. The Balaban J connectivity index is 1.87. The molecule has 0 aromatic heterocycles. The van der Waals surface area contributed by atoms with Crippen molar-refractivity contribution in [3.8, 4) is 6.07 Å². The molecule has 9 nitrogen and oxygen atoms in total. The third-order valence-corrected chi connectivity index (χ3v) is 7.10. The summed E-state index contributed by atoms with van der Waals surface area (Å²) in [6, 6.07) is 11.1. The lowest BCUT2D eigenvalue weighted by Gasteiger charge is -2.43. The number of carbonyl (C=O) groups excluding carboxylic acids is 2. The molecule has 170 valence electrons. The van der Waals surface area contributed by atoms with Crippen LogP contribution in [0.3, 0.4) is 0 Å². The quantitative estimate of drug-likeness (QED) is 0.494. The van der Waals surface area contributed by atoms with Gasteiger partial charge in [0, 0.05) is 40.4 Å². The number of nitrogens with zero attached hydrogens (tertiary/aromatic N) is 3. The first-order valence-electron chi connectivity index (χ1n) is 10.6. The van der Waals surface area contributed by atoms with E-state index in [4.69, 9.17) is 17.3 Å². The van der Waals surface area contributed by atoms with Gasteiger partial charge in [0.2, 0.25) is 5.91 Å². The topological polar surface area (TPSA) is 142 Å². The number of halogens is 1. The second kappa shape index (κ2) is 7.43. The monoisotopic (exact) mass is 475 g/mol. The molecule has 0 saturated carbocycles. The van der Waals surface area contributed by atoms with E-state index in [0.717, 1.165) is 0 Å². The number of nitrogens with one attached hydrogen (secondary N) is 1. The molecule has 1 aliphatic carbocycles. The van der Waals surface area contributed by atoms with Crippen molar-refractivity contribution in [3.63, 3.8) is 0 Å². The van der Waals surface area contributed by atoms with E-state index >= 15 is 0 Å². The number of hydrogen-bond donors (Lipinski definition) is 2. The zero-order valence-corrected chi connectivity index (χ0v) is 18.8. The summed E-state index contributed by atoms with van der Waals surface area (Å²) in [5.74, 6) is -0.867. The maximum absolute atomic E-state index is 13.7. The fourth-order valence-corrected chi connectivity index (χ4v) is 5.38. The van der Waals surface area contributed by atoms with Crippen LogP contribution in [0, 0.1) is 28.4 Å². The molecule has 1 amide bonds. The molecule has 2 aromatic rings. The van der Waals surface area contributed by atoms with Crippen LogP contribution < -0.4 is 16.0 Å². The van der Waals surface area contributed by atoms with Crippen LogP contribution in [0.5, 0.6) is 0 Å².